The van der Waals surface area contributed by atoms with E-state index in [4.69, 9.17) is 14.2 Å². The van der Waals surface area contributed by atoms with E-state index in [1.54, 1.807) is 30.3 Å². The van der Waals surface area contributed by atoms with Crippen molar-refractivity contribution in [3.8, 4) is 17.2 Å². The highest BCUT2D eigenvalue weighted by Gasteiger charge is 2.09. The van der Waals surface area contributed by atoms with Crippen molar-refractivity contribution in [3.05, 3.63) is 53.3 Å². The van der Waals surface area contributed by atoms with Gasteiger partial charge in [0.1, 0.15) is 24.5 Å². The molecule has 0 saturated heterocycles. The van der Waals surface area contributed by atoms with E-state index in [0.29, 0.717) is 34.7 Å². The first kappa shape index (κ1) is 14.8. The number of rotatable bonds is 6. The molecule has 0 aliphatic heterocycles. The highest BCUT2D eigenvalue weighted by atomic mass is 19.1. The van der Waals surface area contributed by atoms with Gasteiger partial charge in [-0.2, -0.15) is 0 Å². The van der Waals surface area contributed by atoms with E-state index in [1.165, 1.54) is 20.3 Å². The second-order valence-corrected chi connectivity index (χ2v) is 4.27. The molecule has 0 fully saturated rings. The van der Waals surface area contributed by atoms with Crippen molar-refractivity contribution in [2.75, 3.05) is 14.2 Å². The van der Waals surface area contributed by atoms with Gasteiger partial charge < -0.3 is 14.2 Å². The van der Waals surface area contributed by atoms with Crippen molar-refractivity contribution < 1.29 is 23.4 Å². The number of carbonyl (C=O) groups excluding carboxylic acids is 1. The molecule has 2 aromatic carbocycles. The van der Waals surface area contributed by atoms with Gasteiger partial charge in [-0.1, -0.05) is 0 Å². The first-order valence-electron chi connectivity index (χ1n) is 6.26. The molecule has 0 N–H and O–H groups in total. The molecule has 2 rings (SSSR count). The quantitative estimate of drug-likeness (QED) is 0.766. The summed E-state index contributed by atoms with van der Waals surface area (Å²) in [6.07, 6.45) is 0.709. The smallest absolute Gasteiger partial charge is 0.162 e. The summed E-state index contributed by atoms with van der Waals surface area (Å²) in [5.74, 6) is 0.892. The van der Waals surface area contributed by atoms with Crippen LogP contribution >= 0.6 is 0 Å². The van der Waals surface area contributed by atoms with Gasteiger partial charge >= 0.3 is 0 Å². The zero-order valence-electron chi connectivity index (χ0n) is 11.8. The molecule has 0 aliphatic rings. The van der Waals surface area contributed by atoms with Crippen LogP contribution in [0.5, 0.6) is 17.2 Å². The molecule has 4 nitrogen and oxygen atoms in total. The summed E-state index contributed by atoms with van der Waals surface area (Å²) in [5, 5.41) is 0. The third kappa shape index (κ3) is 3.51. The summed E-state index contributed by atoms with van der Waals surface area (Å²) in [6, 6.07) is 9.33. The molecular weight excluding hydrogens is 275 g/mol. The van der Waals surface area contributed by atoms with Crippen LogP contribution in [-0.4, -0.2) is 20.5 Å². The monoisotopic (exact) mass is 290 g/mol. The minimum Gasteiger partial charge on any atom is -0.497 e. The zero-order valence-corrected chi connectivity index (χ0v) is 11.8. The number of hydrogen-bond donors (Lipinski definition) is 0. The number of benzene rings is 2. The van der Waals surface area contributed by atoms with Crippen LogP contribution in [0.1, 0.15) is 15.9 Å². The predicted octanol–water partition coefficient (Wildman–Crippen LogP) is 3.23. The largest absolute Gasteiger partial charge is 0.497 e. The Morgan fingerprint density at radius 2 is 1.86 bits per heavy atom. The summed E-state index contributed by atoms with van der Waals surface area (Å²) >= 11 is 0. The van der Waals surface area contributed by atoms with Gasteiger partial charge in [-0.15, -0.1) is 0 Å². The van der Waals surface area contributed by atoms with Crippen LogP contribution in [0.3, 0.4) is 0 Å². The Kier molecular flexibility index (Phi) is 4.77. The van der Waals surface area contributed by atoms with Gasteiger partial charge in [0.15, 0.2) is 11.5 Å². The van der Waals surface area contributed by atoms with Crippen LogP contribution in [0.4, 0.5) is 4.39 Å². The third-order valence-electron chi connectivity index (χ3n) is 2.97. The SMILES string of the molecule is COc1ccc(COc2cc(C=O)ccc2OC)c(F)c1. The molecule has 0 heterocycles. The number of carbonyl (C=O) groups is 1. The molecule has 0 amide bonds. The molecule has 0 aliphatic carbocycles. The van der Waals surface area contributed by atoms with Gasteiger partial charge in [-0.25, -0.2) is 4.39 Å². The van der Waals surface area contributed by atoms with Crippen LogP contribution < -0.4 is 14.2 Å². The number of hydrogen-bond acceptors (Lipinski definition) is 4. The topological polar surface area (TPSA) is 44.8 Å². The maximum atomic E-state index is 13.8. The fourth-order valence-corrected chi connectivity index (χ4v) is 1.81. The van der Waals surface area contributed by atoms with Crippen molar-refractivity contribution >= 4 is 6.29 Å². The minimum atomic E-state index is -0.417. The van der Waals surface area contributed by atoms with Gasteiger partial charge in [0.05, 0.1) is 14.2 Å². The van der Waals surface area contributed by atoms with Crippen LogP contribution in [0, 0.1) is 5.82 Å². The van der Waals surface area contributed by atoms with Crippen LogP contribution in [0.2, 0.25) is 0 Å². The Morgan fingerprint density at radius 3 is 2.48 bits per heavy atom. The average Bonchev–Trinajstić information content (AvgIpc) is 2.53. The Labute approximate surface area is 122 Å². The summed E-state index contributed by atoms with van der Waals surface area (Å²) in [4.78, 5) is 10.8. The molecule has 0 atom stereocenters. The summed E-state index contributed by atoms with van der Waals surface area (Å²) < 4.78 is 29.5. The molecule has 21 heavy (non-hydrogen) atoms. The van der Waals surface area contributed by atoms with Gasteiger partial charge in [-0.05, 0) is 30.3 Å². The molecule has 5 heteroatoms. The van der Waals surface area contributed by atoms with Crippen LogP contribution in [-0.2, 0) is 6.61 Å². The van der Waals surface area contributed by atoms with Gasteiger partial charge in [0, 0.05) is 17.2 Å². The van der Waals surface area contributed by atoms with Crippen molar-refractivity contribution in [3.63, 3.8) is 0 Å². The molecule has 0 radical (unpaired) electrons. The first-order chi connectivity index (χ1) is 10.2. The number of methoxy groups -OCH3 is 2. The molecule has 0 unspecified atom stereocenters. The summed E-state index contributed by atoms with van der Waals surface area (Å²) in [5.41, 5.74) is 0.843. The Bertz CT molecular complexity index is 640. The van der Waals surface area contributed by atoms with E-state index in [2.05, 4.69) is 0 Å². The molecule has 2 aromatic rings. The number of aldehydes is 1. The van der Waals surface area contributed by atoms with Crippen molar-refractivity contribution in [2.24, 2.45) is 0 Å². The molecular formula is C16H15FO4. The lowest BCUT2D eigenvalue weighted by Gasteiger charge is -2.12. The molecule has 0 saturated carbocycles. The lowest BCUT2D eigenvalue weighted by atomic mass is 10.2. The van der Waals surface area contributed by atoms with E-state index in [0.717, 1.165) is 0 Å². The fourth-order valence-electron chi connectivity index (χ4n) is 1.81. The Balaban J connectivity index is 2.17. The molecule has 110 valence electrons. The van der Waals surface area contributed by atoms with Crippen molar-refractivity contribution in [1.82, 2.24) is 0 Å². The minimum absolute atomic E-state index is 0.0223. The Morgan fingerprint density at radius 1 is 1.05 bits per heavy atom. The lowest BCUT2D eigenvalue weighted by Crippen LogP contribution is -2.01. The first-order valence-corrected chi connectivity index (χ1v) is 6.26. The van der Waals surface area contributed by atoms with E-state index in [-0.39, 0.29) is 6.61 Å². The van der Waals surface area contributed by atoms with Crippen LogP contribution in [0.25, 0.3) is 0 Å². The highest BCUT2D eigenvalue weighted by molar-refractivity contribution is 5.76. The molecule has 0 bridgehead atoms. The van der Waals surface area contributed by atoms with Gasteiger partial charge in [-0.3, -0.25) is 4.79 Å². The maximum Gasteiger partial charge on any atom is 0.162 e. The number of ether oxygens (including phenoxy) is 3. The normalized spacial score (nSPS) is 10.0. The lowest BCUT2D eigenvalue weighted by molar-refractivity contribution is 0.112. The second-order valence-electron chi connectivity index (χ2n) is 4.27. The van der Waals surface area contributed by atoms with Crippen molar-refractivity contribution in [1.29, 1.82) is 0 Å². The van der Waals surface area contributed by atoms with Gasteiger partial charge in [0.25, 0.3) is 0 Å². The van der Waals surface area contributed by atoms with E-state index >= 15 is 0 Å². The zero-order chi connectivity index (χ0) is 15.2. The average molecular weight is 290 g/mol. The van der Waals surface area contributed by atoms with Crippen LogP contribution in [0.15, 0.2) is 36.4 Å². The van der Waals surface area contributed by atoms with Gasteiger partial charge in [0.2, 0.25) is 0 Å². The maximum absolute atomic E-state index is 13.8. The highest BCUT2D eigenvalue weighted by Crippen LogP contribution is 2.29. The predicted molar refractivity (Wildman–Crippen MR) is 75.7 cm³/mol. The summed E-state index contributed by atoms with van der Waals surface area (Å²) in [6.45, 7) is 0.0223. The Hall–Kier alpha value is -2.56. The van der Waals surface area contributed by atoms with E-state index in [9.17, 15) is 9.18 Å². The molecule has 0 spiro atoms. The summed E-state index contributed by atoms with van der Waals surface area (Å²) in [7, 11) is 2.97. The molecule has 0 aromatic heterocycles. The third-order valence-corrected chi connectivity index (χ3v) is 2.97. The van der Waals surface area contributed by atoms with E-state index < -0.39 is 5.82 Å². The fraction of sp³-hybridized carbons (Fsp3) is 0.188. The number of halogens is 1. The standard InChI is InChI=1S/C16H15FO4/c1-19-13-5-4-12(14(17)8-13)10-21-16-7-11(9-18)3-6-15(16)20-2/h3-9H,10H2,1-2H3. The van der Waals surface area contributed by atoms with Crippen molar-refractivity contribution in [2.45, 2.75) is 6.61 Å². The second kappa shape index (κ2) is 6.74. The van der Waals surface area contributed by atoms with E-state index in [1.807, 2.05) is 0 Å².